The van der Waals surface area contributed by atoms with Crippen LogP contribution in [0.4, 0.5) is 22.7 Å². The van der Waals surface area contributed by atoms with Crippen LogP contribution in [0.2, 0.25) is 5.02 Å². The number of hydrogen-bond acceptors (Lipinski definition) is 5. The molecule has 0 aliphatic heterocycles. The van der Waals surface area contributed by atoms with E-state index in [1.54, 1.807) is 6.20 Å². The van der Waals surface area contributed by atoms with E-state index >= 15 is 0 Å². The Morgan fingerprint density at radius 3 is 1.04 bits per heavy atom. The summed E-state index contributed by atoms with van der Waals surface area (Å²) in [7, 11) is 0. The predicted octanol–water partition coefficient (Wildman–Crippen LogP) is 18.1. The molecule has 8 heteroatoms. The van der Waals surface area contributed by atoms with Crippen LogP contribution in [0.25, 0.3) is 88.8 Å². The van der Waals surface area contributed by atoms with Crippen LogP contribution in [-0.2, 0) is 0 Å². The molecule has 7 nitrogen and oxygen atoms in total. The van der Waals surface area contributed by atoms with Gasteiger partial charge in [-0.25, -0.2) is 0 Å². The monoisotopic (exact) mass is 1010 g/mol. The Kier molecular flexibility index (Phi) is 13.6. The molecular weight excluding hydrogens is 962 g/mol. The van der Waals surface area contributed by atoms with Crippen LogP contribution in [0.3, 0.4) is 0 Å². The zero-order chi connectivity index (χ0) is 51.9. The van der Waals surface area contributed by atoms with Gasteiger partial charge in [0, 0.05) is 96.0 Å². The van der Waals surface area contributed by atoms with Crippen molar-refractivity contribution in [3.8, 4) is 45.1 Å². The summed E-state index contributed by atoms with van der Waals surface area (Å²) in [6.07, 6.45) is 5.45. The fraction of sp³-hybridized carbons (Fsp3) is 0. The van der Waals surface area contributed by atoms with E-state index in [-0.39, 0.29) is 0 Å². The van der Waals surface area contributed by atoms with Crippen molar-refractivity contribution in [2.45, 2.75) is 0 Å². The van der Waals surface area contributed by atoms with E-state index in [0.29, 0.717) is 0 Å². The second kappa shape index (κ2) is 21.8. The topological polar surface area (TPSA) is 77.8 Å². The number of rotatable bonds is 8. The third-order valence-corrected chi connectivity index (χ3v) is 13.8. The standard InChI is InChI=1S/C40H28N4.C18H14N2.C11H8ClN/c1-3-19-39-35(15-1)36-16-2-4-20-40(36)44(39)32-23-21-31(22-24-32)43(33-13-9-11-29(27-33)37-17-5-7-25-41-37)34-14-10-12-30(28-34)38-18-6-8-26-42-38;19-13-9-11-14(12-10-13)20-17-7-3-1-5-15(17)16-6-2-4-8-18(16)20;12-10-5-3-4-9(8-10)11-6-1-2-7-13-11/h1-28H;1-12H,19H2;1-8H. The van der Waals surface area contributed by atoms with Crippen molar-refractivity contribution in [1.29, 1.82) is 0 Å². The first-order chi connectivity index (χ1) is 38.0. The van der Waals surface area contributed by atoms with Crippen molar-refractivity contribution in [3.05, 3.63) is 297 Å². The number of benzene rings is 9. The van der Waals surface area contributed by atoms with Crippen molar-refractivity contribution in [3.63, 3.8) is 0 Å². The maximum atomic E-state index is 5.87. The highest BCUT2D eigenvalue weighted by atomic mass is 35.5. The molecule has 0 aliphatic carbocycles. The van der Waals surface area contributed by atoms with Crippen LogP contribution in [0.15, 0.2) is 292 Å². The number of nitrogens with zero attached hydrogens (tertiary/aromatic N) is 6. The number of halogens is 1. The molecule has 0 fully saturated rings. The zero-order valence-corrected chi connectivity index (χ0v) is 42.6. The number of aromatic nitrogens is 5. The number of nitrogens with two attached hydrogens (primary N) is 1. The van der Waals surface area contributed by atoms with Crippen LogP contribution in [-0.4, -0.2) is 24.1 Å². The second-order valence-electron chi connectivity index (χ2n) is 18.4. The fourth-order valence-corrected chi connectivity index (χ4v) is 10.3. The van der Waals surface area contributed by atoms with Gasteiger partial charge in [0.15, 0.2) is 0 Å². The molecule has 0 saturated carbocycles. The van der Waals surface area contributed by atoms with Gasteiger partial charge in [0.25, 0.3) is 0 Å². The number of fused-ring (bicyclic) bond motifs is 6. The molecule has 0 saturated heterocycles. The maximum absolute atomic E-state index is 5.87. The molecule has 77 heavy (non-hydrogen) atoms. The Labute approximate surface area is 452 Å². The van der Waals surface area contributed by atoms with Crippen LogP contribution in [0.5, 0.6) is 0 Å². The van der Waals surface area contributed by atoms with E-state index in [2.05, 4.69) is 211 Å². The Hall–Kier alpha value is -10.1. The predicted molar refractivity (Wildman–Crippen MR) is 322 cm³/mol. The number of nitrogen functional groups attached to an aromatic ring is 1. The third kappa shape index (κ3) is 10.0. The molecule has 14 rings (SSSR count). The molecule has 5 heterocycles. The Bertz CT molecular complexity index is 4100. The summed E-state index contributed by atoms with van der Waals surface area (Å²) in [6, 6.07) is 93.8. The molecule has 0 spiro atoms. The van der Waals surface area contributed by atoms with Gasteiger partial charge in [0.05, 0.1) is 39.1 Å². The first kappa shape index (κ1) is 47.9. The summed E-state index contributed by atoms with van der Waals surface area (Å²) < 4.78 is 4.63. The molecule has 0 aliphatic rings. The molecule has 0 radical (unpaired) electrons. The minimum atomic E-state index is 0.739. The summed E-state index contributed by atoms with van der Waals surface area (Å²) in [5.41, 5.74) is 22.9. The lowest BCUT2D eigenvalue weighted by atomic mass is 10.1. The van der Waals surface area contributed by atoms with E-state index in [0.717, 1.165) is 72.9 Å². The highest BCUT2D eigenvalue weighted by molar-refractivity contribution is 6.30. The summed E-state index contributed by atoms with van der Waals surface area (Å²) in [5, 5.41) is 5.81. The molecule has 5 aromatic heterocycles. The molecule has 0 bridgehead atoms. The van der Waals surface area contributed by atoms with Gasteiger partial charge in [0.2, 0.25) is 0 Å². The molecule has 0 unspecified atom stereocenters. The Balaban J connectivity index is 0.000000147. The lowest BCUT2D eigenvalue weighted by Gasteiger charge is -2.26. The van der Waals surface area contributed by atoms with Gasteiger partial charge >= 0.3 is 0 Å². The summed E-state index contributed by atoms with van der Waals surface area (Å²) >= 11 is 5.87. The average Bonchev–Trinajstić information content (AvgIpc) is 4.09. The average molecular weight is 1010 g/mol. The van der Waals surface area contributed by atoms with E-state index in [1.165, 1.54) is 43.6 Å². The Morgan fingerprint density at radius 1 is 0.312 bits per heavy atom. The minimum absolute atomic E-state index is 0.739. The van der Waals surface area contributed by atoms with Gasteiger partial charge in [-0.05, 0) is 146 Å². The molecular formula is C69H50ClN7. The van der Waals surface area contributed by atoms with E-state index in [9.17, 15) is 0 Å². The smallest absolute Gasteiger partial charge is 0.0702 e. The summed E-state index contributed by atoms with van der Waals surface area (Å²) in [5.74, 6) is 0. The van der Waals surface area contributed by atoms with Crippen molar-refractivity contribution in [2.75, 3.05) is 10.6 Å². The quantitative estimate of drug-likeness (QED) is 0.153. The van der Waals surface area contributed by atoms with Crippen molar-refractivity contribution < 1.29 is 0 Å². The Morgan fingerprint density at radius 2 is 0.662 bits per heavy atom. The molecule has 368 valence electrons. The highest BCUT2D eigenvalue weighted by Gasteiger charge is 2.17. The molecule has 9 aromatic carbocycles. The fourth-order valence-electron chi connectivity index (χ4n) is 10.1. The van der Waals surface area contributed by atoms with Crippen LogP contribution in [0, 0.1) is 0 Å². The van der Waals surface area contributed by atoms with E-state index < -0.39 is 0 Å². The molecule has 0 atom stereocenters. The van der Waals surface area contributed by atoms with Gasteiger partial charge in [-0.15, -0.1) is 0 Å². The third-order valence-electron chi connectivity index (χ3n) is 13.6. The van der Waals surface area contributed by atoms with Crippen molar-refractivity contribution in [1.82, 2.24) is 24.1 Å². The first-order valence-electron chi connectivity index (χ1n) is 25.5. The molecule has 0 amide bonds. The van der Waals surface area contributed by atoms with Gasteiger partial charge in [-0.3, -0.25) is 15.0 Å². The SMILES string of the molecule is Clc1cccc(-c2ccccn2)c1.Nc1ccc(-n2c3ccccc3c3ccccc32)cc1.c1ccc(-c2cccc(N(c3ccc(-n4c5ccccc5c5ccccc54)cc3)c3cccc(-c4ccccn4)c3)c2)nc1. The van der Waals surface area contributed by atoms with Gasteiger partial charge in [-0.2, -0.15) is 0 Å². The van der Waals surface area contributed by atoms with Gasteiger partial charge in [-0.1, -0.05) is 139 Å². The minimum Gasteiger partial charge on any atom is -0.399 e. The lowest BCUT2D eigenvalue weighted by Crippen LogP contribution is -2.10. The van der Waals surface area contributed by atoms with Crippen LogP contribution in [0.1, 0.15) is 0 Å². The van der Waals surface area contributed by atoms with Crippen molar-refractivity contribution in [2.24, 2.45) is 0 Å². The van der Waals surface area contributed by atoms with E-state index in [4.69, 9.17) is 17.3 Å². The van der Waals surface area contributed by atoms with Crippen molar-refractivity contribution >= 4 is 78.0 Å². The second-order valence-corrected chi connectivity index (χ2v) is 18.9. The number of para-hydroxylation sites is 4. The largest absolute Gasteiger partial charge is 0.399 e. The number of anilines is 4. The van der Waals surface area contributed by atoms with Gasteiger partial charge < -0.3 is 19.8 Å². The normalized spacial score (nSPS) is 11.0. The zero-order valence-electron chi connectivity index (χ0n) is 41.9. The number of hydrogen-bond donors (Lipinski definition) is 1. The lowest BCUT2D eigenvalue weighted by molar-refractivity contribution is 1.17. The maximum Gasteiger partial charge on any atom is 0.0702 e. The first-order valence-corrected chi connectivity index (χ1v) is 25.8. The van der Waals surface area contributed by atoms with Crippen LogP contribution >= 0.6 is 11.6 Å². The molecule has 14 aromatic rings. The summed E-state index contributed by atoms with van der Waals surface area (Å²) in [4.78, 5) is 15.7. The van der Waals surface area contributed by atoms with Gasteiger partial charge in [0.1, 0.15) is 0 Å². The summed E-state index contributed by atoms with van der Waals surface area (Å²) in [6.45, 7) is 0. The van der Waals surface area contributed by atoms with Crippen LogP contribution < -0.4 is 10.6 Å². The van der Waals surface area contributed by atoms with E-state index in [1.807, 2.05) is 103 Å². The molecule has 2 N–H and O–H groups in total. The highest BCUT2D eigenvalue weighted by Crippen LogP contribution is 2.40. The number of pyridine rings is 3.